The van der Waals surface area contributed by atoms with E-state index in [-0.39, 0.29) is 6.03 Å². The Balaban J connectivity index is 1.38. The number of piperazine rings is 1. The maximum absolute atomic E-state index is 12.7. The molecule has 0 bridgehead atoms. The minimum Gasteiger partial charge on any atom is -0.337 e. The van der Waals surface area contributed by atoms with Gasteiger partial charge in [-0.3, -0.25) is 0 Å². The Morgan fingerprint density at radius 3 is 2.52 bits per heavy atom. The highest BCUT2D eigenvalue weighted by molar-refractivity contribution is 5.90. The summed E-state index contributed by atoms with van der Waals surface area (Å²) in [7, 11) is 0. The fourth-order valence-electron chi connectivity index (χ4n) is 3.66. The molecule has 1 aromatic carbocycles. The zero-order valence-corrected chi connectivity index (χ0v) is 14.3. The molecule has 0 atom stereocenters. The molecular weight excluding hydrogens is 314 g/mol. The SMILES string of the molecule is O=C(Nc1cccc2c1CCCC2)N1CCN(c2ncccn2)CC1. The molecule has 1 saturated heterocycles. The largest absolute Gasteiger partial charge is 0.337 e. The van der Waals surface area contributed by atoms with E-state index in [4.69, 9.17) is 0 Å². The molecule has 2 aromatic rings. The number of benzene rings is 1. The lowest BCUT2D eigenvalue weighted by Crippen LogP contribution is -2.50. The highest BCUT2D eigenvalue weighted by Gasteiger charge is 2.23. The van der Waals surface area contributed by atoms with Gasteiger partial charge in [-0.25, -0.2) is 14.8 Å². The van der Waals surface area contributed by atoms with Crippen LogP contribution >= 0.6 is 0 Å². The van der Waals surface area contributed by atoms with E-state index < -0.39 is 0 Å². The van der Waals surface area contributed by atoms with Crippen LogP contribution in [-0.2, 0) is 12.8 Å². The number of nitrogens with one attached hydrogen (secondary N) is 1. The maximum Gasteiger partial charge on any atom is 0.321 e. The van der Waals surface area contributed by atoms with Crippen molar-refractivity contribution in [3.05, 3.63) is 47.8 Å². The van der Waals surface area contributed by atoms with E-state index in [0.717, 1.165) is 37.6 Å². The minimum absolute atomic E-state index is 0.00685. The van der Waals surface area contributed by atoms with Crippen LogP contribution in [0.25, 0.3) is 0 Å². The molecule has 0 spiro atoms. The van der Waals surface area contributed by atoms with Crippen LogP contribution < -0.4 is 10.2 Å². The Hall–Kier alpha value is -2.63. The quantitative estimate of drug-likeness (QED) is 0.915. The number of carbonyl (C=O) groups is 1. The van der Waals surface area contributed by atoms with Crippen LogP contribution in [0.4, 0.5) is 16.4 Å². The number of anilines is 2. The monoisotopic (exact) mass is 337 g/mol. The van der Waals surface area contributed by atoms with E-state index in [9.17, 15) is 4.79 Å². The van der Waals surface area contributed by atoms with Gasteiger partial charge in [0.15, 0.2) is 0 Å². The highest BCUT2D eigenvalue weighted by atomic mass is 16.2. The number of hydrogen-bond donors (Lipinski definition) is 1. The van der Waals surface area contributed by atoms with Crippen LogP contribution in [0.1, 0.15) is 24.0 Å². The van der Waals surface area contributed by atoms with Crippen molar-refractivity contribution in [3.8, 4) is 0 Å². The molecule has 0 unspecified atom stereocenters. The Bertz CT molecular complexity index is 741. The van der Waals surface area contributed by atoms with E-state index in [2.05, 4.69) is 26.3 Å². The van der Waals surface area contributed by atoms with Crippen molar-refractivity contribution in [1.29, 1.82) is 0 Å². The van der Waals surface area contributed by atoms with Crippen molar-refractivity contribution in [2.75, 3.05) is 36.4 Å². The van der Waals surface area contributed by atoms with Crippen LogP contribution in [0.2, 0.25) is 0 Å². The fourth-order valence-corrected chi connectivity index (χ4v) is 3.66. The average molecular weight is 337 g/mol. The average Bonchev–Trinajstić information content (AvgIpc) is 2.69. The summed E-state index contributed by atoms with van der Waals surface area (Å²) in [5.74, 6) is 0.736. The Morgan fingerprint density at radius 2 is 1.72 bits per heavy atom. The topological polar surface area (TPSA) is 61.4 Å². The lowest BCUT2D eigenvalue weighted by atomic mass is 9.90. The molecule has 130 valence electrons. The highest BCUT2D eigenvalue weighted by Crippen LogP contribution is 2.28. The third kappa shape index (κ3) is 3.43. The second-order valence-electron chi connectivity index (χ2n) is 6.60. The Kier molecular flexibility index (Phi) is 4.50. The molecule has 25 heavy (non-hydrogen) atoms. The number of carbonyl (C=O) groups excluding carboxylic acids is 1. The van der Waals surface area contributed by atoms with E-state index in [1.807, 2.05) is 23.1 Å². The van der Waals surface area contributed by atoms with E-state index in [1.165, 1.54) is 24.0 Å². The van der Waals surface area contributed by atoms with E-state index in [1.54, 1.807) is 12.4 Å². The molecule has 1 N–H and O–H groups in total. The number of fused-ring (bicyclic) bond motifs is 1. The van der Waals surface area contributed by atoms with Gasteiger partial charge >= 0.3 is 6.03 Å². The van der Waals surface area contributed by atoms with Crippen LogP contribution in [-0.4, -0.2) is 47.1 Å². The van der Waals surface area contributed by atoms with Gasteiger partial charge in [0.25, 0.3) is 0 Å². The summed E-state index contributed by atoms with van der Waals surface area (Å²) in [5, 5.41) is 3.13. The summed E-state index contributed by atoms with van der Waals surface area (Å²) in [6, 6.07) is 8.06. The Labute approximate surface area is 147 Å². The number of aromatic nitrogens is 2. The number of rotatable bonds is 2. The second-order valence-corrected chi connectivity index (χ2v) is 6.60. The summed E-state index contributed by atoms with van der Waals surface area (Å²) in [4.78, 5) is 25.2. The molecule has 1 aliphatic carbocycles. The van der Waals surface area contributed by atoms with Gasteiger partial charge in [0, 0.05) is 44.3 Å². The molecule has 2 amide bonds. The molecule has 6 heteroatoms. The zero-order valence-electron chi connectivity index (χ0n) is 14.3. The van der Waals surface area contributed by atoms with Crippen molar-refractivity contribution in [2.24, 2.45) is 0 Å². The first-order chi connectivity index (χ1) is 12.3. The first kappa shape index (κ1) is 15.9. The van der Waals surface area contributed by atoms with Gasteiger partial charge in [-0.15, -0.1) is 0 Å². The van der Waals surface area contributed by atoms with Gasteiger partial charge in [0.05, 0.1) is 0 Å². The lowest BCUT2D eigenvalue weighted by molar-refractivity contribution is 0.208. The van der Waals surface area contributed by atoms with E-state index >= 15 is 0 Å². The number of aryl methyl sites for hydroxylation is 1. The zero-order chi connectivity index (χ0) is 17.1. The Morgan fingerprint density at radius 1 is 0.960 bits per heavy atom. The summed E-state index contributed by atoms with van der Waals surface area (Å²) < 4.78 is 0. The van der Waals surface area contributed by atoms with Crippen LogP contribution in [0, 0.1) is 0 Å². The normalized spacial score (nSPS) is 17.1. The number of amides is 2. The van der Waals surface area contributed by atoms with Gasteiger partial charge in [-0.05, 0) is 48.9 Å². The van der Waals surface area contributed by atoms with Crippen molar-refractivity contribution in [1.82, 2.24) is 14.9 Å². The van der Waals surface area contributed by atoms with Crippen molar-refractivity contribution in [2.45, 2.75) is 25.7 Å². The molecule has 4 rings (SSSR count). The number of hydrogen-bond acceptors (Lipinski definition) is 4. The van der Waals surface area contributed by atoms with Gasteiger partial charge in [0.1, 0.15) is 0 Å². The van der Waals surface area contributed by atoms with Crippen LogP contribution in [0.3, 0.4) is 0 Å². The van der Waals surface area contributed by atoms with Crippen molar-refractivity contribution >= 4 is 17.7 Å². The summed E-state index contributed by atoms with van der Waals surface area (Å²) in [6.45, 7) is 2.87. The van der Waals surface area contributed by atoms with Gasteiger partial charge in [0.2, 0.25) is 5.95 Å². The third-order valence-electron chi connectivity index (χ3n) is 5.04. The molecule has 2 heterocycles. The van der Waals surface area contributed by atoms with Gasteiger partial charge in [-0.1, -0.05) is 12.1 Å². The third-order valence-corrected chi connectivity index (χ3v) is 5.04. The van der Waals surface area contributed by atoms with Crippen molar-refractivity contribution in [3.63, 3.8) is 0 Å². The molecule has 1 fully saturated rings. The number of urea groups is 1. The molecule has 0 saturated carbocycles. The lowest BCUT2D eigenvalue weighted by Gasteiger charge is -2.34. The number of nitrogens with zero attached hydrogens (tertiary/aromatic N) is 4. The van der Waals surface area contributed by atoms with Crippen LogP contribution in [0.5, 0.6) is 0 Å². The molecule has 1 aliphatic heterocycles. The smallest absolute Gasteiger partial charge is 0.321 e. The summed E-state index contributed by atoms with van der Waals surface area (Å²) in [5.41, 5.74) is 3.68. The van der Waals surface area contributed by atoms with Crippen molar-refractivity contribution < 1.29 is 4.79 Å². The first-order valence-corrected chi connectivity index (χ1v) is 9.00. The predicted molar refractivity (Wildman–Crippen MR) is 97.9 cm³/mol. The van der Waals surface area contributed by atoms with Gasteiger partial charge in [-0.2, -0.15) is 0 Å². The molecule has 0 radical (unpaired) electrons. The molecular formula is C19H23N5O. The molecule has 1 aromatic heterocycles. The molecule has 2 aliphatic rings. The molecule has 6 nitrogen and oxygen atoms in total. The first-order valence-electron chi connectivity index (χ1n) is 9.00. The maximum atomic E-state index is 12.7. The second kappa shape index (κ2) is 7.09. The minimum atomic E-state index is -0.00685. The predicted octanol–water partition coefficient (Wildman–Crippen LogP) is 2.71. The van der Waals surface area contributed by atoms with E-state index in [0.29, 0.717) is 13.1 Å². The summed E-state index contributed by atoms with van der Waals surface area (Å²) >= 11 is 0. The fraction of sp³-hybridized carbons (Fsp3) is 0.421. The standard InChI is InChI=1S/C19H23N5O/c25-19(22-17-8-3-6-15-5-1-2-7-16(15)17)24-13-11-23(12-14-24)18-20-9-4-10-21-18/h3-4,6,8-10H,1-2,5,7,11-14H2,(H,22,25). The summed E-state index contributed by atoms with van der Waals surface area (Å²) in [6.07, 6.45) is 8.13. The van der Waals surface area contributed by atoms with Gasteiger partial charge < -0.3 is 15.1 Å². The van der Waals surface area contributed by atoms with Crippen LogP contribution in [0.15, 0.2) is 36.7 Å².